The average Bonchev–Trinajstić information content (AvgIpc) is 2.94. The lowest BCUT2D eigenvalue weighted by Gasteiger charge is -2.17. The van der Waals surface area contributed by atoms with E-state index in [0.29, 0.717) is 0 Å². The fourth-order valence-electron chi connectivity index (χ4n) is 4.17. The Balaban J connectivity index is 1.48. The summed E-state index contributed by atoms with van der Waals surface area (Å²) >= 11 is 0. The fraction of sp³-hybridized carbons (Fsp3) is 0.562. The van der Waals surface area contributed by atoms with E-state index in [0.717, 1.165) is 48.1 Å². The second-order valence-corrected chi connectivity index (χ2v) is 6.26. The highest BCUT2D eigenvalue weighted by molar-refractivity contribution is 5.94. The molecule has 3 fully saturated rings. The SMILES string of the molecule is COc1ccc(C(=O)N2CC3CC4CC4C3C2)cc1. The summed E-state index contributed by atoms with van der Waals surface area (Å²) in [4.78, 5) is 14.5. The molecule has 2 saturated carbocycles. The van der Waals surface area contributed by atoms with Crippen molar-refractivity contribution >= 4 is 5.91 Å². The molecule has 3 heteroatoms. The Kier molecular flexibility index (Phi) is 2.38. The molecule has 1 heterocycles. The van der Waals surface area contributed by atoms with Crippen LogP contribution in [-0.4, -0.2) is 31.0 Å². The smallest absolute Gasteiger partial charge is 0.253 e. The molecule has 3 aliphatic rings. The van der Waals surface area contributed by atoms with Crippen LogP contribution < -0.4 is 4.74 Å². The molecule has 0 aromatic heterocycles. The summed E-state index contributed by atoms with van der Waals surface area (Å²) in [6.07, 6.45) is 2.79. The van der Waals surface area contributed by atoms with E-state index in [4.69, 9.17) is 4.74 Å². The summed E-state index contributed by atoms with van der Waals surface area (Å²) < 4.78 is 5.13. The first kappa shape index (κ1) is 11.3. The molecule has 1 aromatic carbocycles. The molecule has 19 heavy (non-hydrogen) atoms. The highest BCUT2D eigenvalue weighted by atomic mass is 16.5. The van der Waals surface area contributed by atoms with E-state index in [1.165, 1.54) is 12.8 Å². The van der Waals surface area contributed by atoms with E-state index in [-0.39, 0.29) is 5.91 Å². The van der Waals surface area contributed by atoms with Gasteiger partial charge in [0.25, 0.3) is 5.91 Å². The third-order valence-corrected chi connectivity index (χ3v) is 5.25. The van der Waals surface area contributed by atoms with Gasteiger partial charge in [0.05, 0.1) is 7.11 Å². The molecule has 1 aliphatic heterocycles. The zero-order chi connectivity index (χ0) is 13.0. The molecule has 100 valence electrons. The predicted molar refractivity (Wildman–Crippen MR) is 72.1 cm³/mol. The highest BCUT2D eigenvalue weighted by Crippen LogP contribution is 2.60. The Morgan fingerprint density at radius 2 is 1.89 bits per heavy atom. The number of benzene rings is 1. The Hall–Kier alpha value is -1.51. The number of methoxy groups -OCH3 is 1. The molecule has 3 nitrogen and oxygen atoms in total. The lowest BCUT2D eigenvalue weighted by molar-refractivity contribution is 0.0780. The summed E-state index contributed by atoms with van der Waals surface area (Å²) in [7, 11) is 1.64. The quantitative estimate of drug-likeness (QED) is 0.814. The second-order valence-electron chi connectivity index (χ2n) is 6.26. The molecule has 1 amide bonds. The summed E-state index contributed by atoms with van der Waals surface area (Å²) in [5, 5.41) is 0. The molecule has 0 bridgehead atoms. The van der Waals surface area contributed by atoms with Gasteiger partial charge in [-0.3, -0.25) is 4.79 Å². The van der Waals surface area contributed by atoms with Crippen LogP contribution in [0.4, 0.5) is 0 Å². The molecule has 1 saturated heterocycles. The van der Waals surface area contributed by atoms with E-state index < -0.39 is 0 Å². The van der Waals surface area contributed by atoms with Crippen LogP contribution in [0.2, 0.25) is 0 Å². The molecule has 4 unspecified atom stereocenters. The first-order valence-electron chi connectivity index (χ1n) is 7.19. The highest BCUT2D eigenvalue weighted by Gasteiger charge is 2.56. The number of carbonyl (C=O) groups excluding carboxylic acids is 1. The molecular weight excluding hydrogens is 238 g/mol. The average molecular weight is 257 g/mol. The van der Waals surface area contributed by atoms with Crippen LogP contribution in [0.1, 0.15) is 23.2 Å². The van der Waals surface area contributed by atoms with Crippen LogP contribution in [0.15, 0.2) is 24.3 Å². The van der Waals surface area contributed by atoms with E-state index in [2.05, 4.69) is 4.90 Å². The lowest BCUT2D eigenvalue weighted by Crippen LogP contribution is -2.29. The zero-order valence-electron chi connectivity index (χ0n) is 11.2. The first-order chi connectivity index (χ1) is 9.26. The largest absolute Gasteiger partial charge is 0.497 e. The maximum absolute atomic E-state index is 12.5. The van der Waals surface area contributed by atoms with Gasteiger partial charge in [-0.05, 0) is 60.8 Å². The zero-order valence-corrected chi connectivity index (χ0v) is 11.2. The second kappa shape index (κ2) is 3.99. The molecule has 4 atom stereocenters. The molecule has 2 aliphatic carbocycles. The van der Waals surface area contributed by atoms with Crippen molar-refractivity contribution in [3.63, 3.8) is 0 Å². The van der Waals surface area contributed by atoms with Crippen molar-refractivity contribution in [3.05, 3.63) is 29.8 Å². The van der Waals surface area contributed by atoms with Crippen LogP contribution in [-0.2, 0) is 0 Å². The minimum Gasteiger partial charge on any atom is -0.497 e. The van der Waals surface area contributed by atoms with Gasteiger partial charge in [-0.15, -0.1) is 0 Å². The first-order valence-corrected chi connectivity index (χ1v) is 7.19. The Morgan fingerprint density at radius 3 is 2.58 bits per heavy atom. The number of fused-ring (bicyclic) bond motifs is 3. The van der Waals surface area contributed by atoms with E-state index in [1.807, 2.05) is 24.3 Å². The van der Waals surface area contributed by atoms with Crippen molar-refractivity contribution in [1.29, 1.82) is 0 Å². The number of carbonyl (C=O) groups is 1. The number of ether oxygens (including phenoxy) is 1. The number of likely N-dealkylation sites (tertiary alicyclic amines) is 1. The molecule has 1 aromatic rings. The maximum Gasteiger partial charge on any atom is 0.253 e. The van der Waals surface area contributed by atoms with E-state index >= 15 is 0 Å². The third-order valence-electron chi connectivity index (χ3n) is 5.25. The van der Waals surface area contributed by atoms with Crippen molar-refractivity contribution in [1.82, 2.24) is 4.90 Å². The summed E-state index contributed by atoms with van der Waals surface area (Å²) in [5.74, 6) is 4.52. The minimum absolute atomic E-state index is 0.189. The molecule has 4 rings (SSSR count). The standard InChI is InChI=1S/C16H19NO2/c1-19-13-4-2-10(3-5-13)16(18)17-8-12-6-11-7-14(11)15(12)9-17/h2-5,11-12,14-15H,6-9H2,1H3. The molecular formula is C16H19NO2. The van der Waals surface area contributed by atoms with Crippen LogP contribution >= 0.6 is 0 Å². The van der Waals surface area contributed by atoms with Crippen LogP contribution in [0.3, 0.4) is 0 Å². The Labute approximate surface area is 113 Å². The third kappa shape index (κ3) is 1.75. The summed E-state index contributed by atoms with van der Waals surface area (Å²) in [6.45, 7) is 1.96. The number of amides is 1. The predicted octanol–water partition coefficient (Wildman–Crippen LogP) is 2.42. The number of hydrogen-bond acceptors (Lipinski definition) is 2. The molecule has 0 spiro atoms. The van der Waals surface area contributed by atoms with Gasteiger partial charge in [0.15, 0.2) is 0 Å². The normalized spacial score (nSPS) is 34.9. The van der Waals surface area contributed by atoms with Gasteiger partial charge in [0.2, 0.25) is 0 Å². The number of nitrogens with zero attached hydrogens (tertiary/aromatic N) is 1. The Bertz CT molecular complexity index is 510. The Morgan fingerprint density at radius 1 is 1.11 bits per heavy atom. The van der Waals surface area contributed by atoms with Crippen molar-refractivity contribution < 1.29 is 9.53 Å². The summed E-state index contributed by atoms with van der Waals surface area (Å²) in [5.41, 5.74) is 0.785. The van der Waals surface area contributed by atoms with E-state index in [1.54, 1.807) is 7.11 Å². The maximum atomic E-state index is 12.5. The van der Waals surface area contributed by atoms with Crippen molar-refractivity contribution in [2.45, 2.75) is 12.8 Å². The lowest BCUT2D eigenvalue weighted by atomic mass is 9.95. The van der Waals surface area contributed by atoms with Gasteiger partial charge in [0, 0.05) is 18.7 Å². The number of rotatable bonds is 2. The van der Waals surface area contributed by atoms with Crippen LogP contribution in [0.25, 0.3) is 0 Å². The van der Waals surface area contributed by atoms with Gasteiger partial charge in [-0.2, -0.15) is 0 Å². The monoisotopic (exact) mass is 257 g/mol. The molecule has 0 radical (unpaired) electrons. The van der Waals surface area contributed by atoms with Crippen LogP contribution in [0, 0.1) is 23.7 Å². The molecule has 0 N–H and O–H groups in total. The minimum atomic E-state index is 0.189. The van der Waals surface area contributed by atoms with E-state index in [9.17, 15) is 4.79 Å². The van der Waals surface area contributed by atoms with Crippen LogP contribution in [0.5, 0.6) is 5.75 Å². The van der Waals surface area contributed by atoms with Gasteiger partial charge in [-0.25, -0.2) is 0 Å². The van der Waals surface area contributed by atoms with Gasteiger partial charge in [-0.1, -0.05) is 0 Å². The van der Waals surface area contributed by atoms with Gasteiger partial charge < -0.3 is 9.64 Å². The van der Waals surface area contributed by atoms with Crippen molar-refractivity contribution in [3.8, 4) is 5.75 Å². The summed E-state index contributed by atoms with van der Waals surface area (Å²) in [6, 6.07) is 7.46. The topological polar surface area (TPSA) is 29.5 Å². The number of hydrogen-bond donors (Lipinski definition) is 0. The van der Waals surface area contributed by atoms with Gasteiger partial charge >= 0.3 is 0 Å². The van der Waals surface area contributed by atoms with Crippen molar-refractivity contribution in [2.24, 2.45) is 23.7 Å². The van der Waals surface area contributed by atoms with Gasteiger partial charge in [0.1, 0.15) is 5.75 Å². The van der Waals surface area contributed by atoms with Crippen molar-refractivity contribution in [2.75, 3.05) is 20.2 Å². The fourth-order valence-corrected chi connectivity index (χ4v) is 4.17.